The van der Waals surface area contributed by atoms with E-state index in [1.807, 2.05) is 0 Å². The minimum Gasteiger partial charge on any atom is -0.378 e. The Hall–Kier alpha value is -0.120. The molecular formula is C33H67NO2. The average molecular weight is 510 g/mol. The minimum atomic E-state index is 0.133. The highest BCUT2D eigenvalue weighted by atomic mass is 16.7. The highest BCUT2D eigenvalue weighted by Crippen LogP contribution is 2.38. The van der Waals surface area contributed by atoms with E-state index in [1.165, 1.54) is 128 Å². The van der Waals surface area contributed by atoms with Crippen molar-refractivity contribution in [3.8, 4) is 0 Å². The van der Waals surface area contributed by atoms with Crippen LogP contribution in [0.2, 0.25) is 0 Å². The maximum absolute atomic E-state index is 6.38. The Balaban J connectivity index is 2.06. The second kappa shape index (κ2) is 20.8. The first-order chi connectivity index (χ1) is 17.3. The topological polar surface area (TPSA) is 21.7 Å². The molecule has 3 nitrogen and oxygen atoms in total. The summed E-state index contributed by atoms with van der Waals surface area (Å²) in [5, 5.41) is 2.31. The van der Waals surface area contributed by atoms with Gasteiger partial charge in [0.05, 0.1) is 12.7 Å². The molecule has 1 rings (SSSR count). The maximum Gasteiger partial charge on any atom is 0.0686 e. The van der Waals surface area contributed by atoms with Crippen LogP contribution in [0.15, 0.2) is 0 Å². The Morgan fingerprint density at radius 1 is 0.556 bits per heavy atom. The first kappa shape index (κ1) is 33.9. The zero-order valence-corrected chi connectivity index (χ0v) is 25.8. The second-order valence-electron chi connectivity index (χ2n) is 13.0. The Kier molecular flexibility index (Phi) is 19.6. The third-order valence-corrected chi connectivity index (χ3v) is 8.30. The first-order valence-electron chi connectivity index (χ1n) is 16.4. The van der Waals surface area contributed by atoms with E-state index in [-0.39, 0.29) is 11.1 Å². The summed E-state index contributed by atoms with van der Waals surface area (Å²) in [7, 11) is 0. The van der Waals surface area contributed by atoms with Gasteiger partial charge in [0, 0.05) is 17.7 Å². The van der Waals surface area contributed by atoms with Crippen LogP contribution in [0.25, 0.3) is 0 Å². The highest BCUT2D eigenvalue weighted by molar-refractivity contribution is 4.92. The zero-order valence-electron chi connectivity index (χ0n) is 25.8. The number of ether oxygens (including phenoxy) is 1. The van der Waals surface area contributed by atoms with E-state index in [1.54, 1.807) is 0 Å². The zero-order chi connectivity index (χ0) is 26.5. The van der Waals surface area contributed by atoms with Gasteiger partial charge in [0.2, 0.25) is 0 Å². The quantitative estimate of drug-likeness (QED) is 0.121. The summed E-state index contributed by atoms with van der Waals surface area (Å²) in [5.74, 6) is 0. The van der Waals surface area contributed by atoms with Crippen LogP contribution in [0.5, 0.6) is 0 Å². The molecule has 36 heavy (non-hydrogen) atoms. The van der Waals surface area contributed by atoms with Crippen molar-refractivity contribution in [2.75, 3.05) is 13.2 Å². The number of nitrogens with zero attached hydrogens (tertiary/aromatic N) is 1. The lowest BCUT2D eigenvalue weighted by Gasteiger charge is -2.51. The van der Waals surface area contributed by atoms with Gasteiger partial charge in [-0.25, -0.2) is 0 Å². The van der Waals surface area contributed by atoms with E-state index in [2.05, 4.69) is 46.6 Å². The van der Waals surface area contributed by atoms with Crippen molar-refractivity contribution >= 4 is 0 Å². The summed E-state index contributed by atoms with van der Waals surface area (Å²) >= 11 is 0. The third kappa shape index (κ3) is 16.0. The molecule has 216 valence electrons. The molecule has 3 heteroatoms. The fourth-order valence-corrected chi connectivity index (χ4v) is 6.08. The van der Waals surface area contributed by atoms with E-state index in [0.717, 1.165) is 26.1 Å². The molecule has 0 aromatic heterocycles. The van der Waals surface area contributed by atoms with E-state index in [9.17, 15) is 0 Å². The van der Waals surface area contributed by atoms with Crippen molar-refractivity contribution in [3.63, 3.8) is 0 Å². The summed E-state index contributed by atoms with van der Waals surface area (Å²) < 4.78 is 6.36. The molecule has 1 aliphatic heterocycles. The van der Waals surface area contributed by atoms with Crippen LogP contribution in [-0.2, 0) is 9.57 Å². The molecule has 0 bridgehead atoms. The Morgan fingerprint density at radius 3 is 1.50 bits per heavy atom. The average Bonchev–Trinajstić information content (AvgIpc) is 2.82. The van der Waals surface area contributed by atoms with Crippen molar-refractivity contribution in [1.82, 2.24) is 5.06 Å². The summed E-state index contributed by atoms with van der Waals surface area (Å²) in [4.78, 5) is 6.38. The smallest absolute Gasteiger partial charge is 0.0686 e. The van der Waals surface area contributed by atoms with Crippen LogP contribution < -0.4 is 0 Å². The van der Waals surface area contributed by atoms with Crippen LogP contribution >= 0.6 is 0 Å². The van der Waals surface area contributed by atoms with Crippen molar-refractivity contribution in [2.45, 2.75) is 200 Å². The molecule has 0 radical (unpaired) electrons. The summed E-state index contributed by atoms with van der Waals surface area (Å²) in [6.07, 6.45) is 29.9. The molecular weight excluding hydrogens is 442 g/mol. The SMILES string of the molecule is CCCCCCCCCCCCCCCCOC(CCCC)CCCON1C(C)(C)CCCC1(C)C. The van der Waals surface area contributed by atoms with Crippen molar-refractivity contribution in [1.29, 1.82) is 0 Å². The van der Waals surface area contributed by atoms with Crippen molar-refractivity contribution in [3.05, 3.63) is 0 Å². The minimum absolute atomic E-state index is 0.133. The number of hydroxylamine groups is 2. The van der Waals surface area contributed by atoms with Crippen LogP contribution in [0, 0.1) is 0 Å². The molecule has 0 aromatic carbocycles. The van der Waals surface area contributed by atoms with Crippen LogP contribution in [-0.4, -0.2) is 35.5 Å². The van der Waals surface area contributed by atoms with Gasteiger partial charge in [0.1, 0.15) is 0 Å². The fourth-order valence-electron chi connectivity index (χ4n) is 6.08. The Bertz CT molecular complexity index is 474. The van der Waals surface area contributed by atoms with Gasteiger partial charge in [-0.1, -0.05) is 110 Å². The Labute approximate surface area is 227 Å². The highest BCUT2D eigenvalue weighted by Gasteiger charge is 2.42. The van der Waals surface area contributed by atoms with Crippen molar-refractivity contribution in [2.24, 2.45) is 0 Å². The number of hydrogen-bond donors (Lipinski definition) is 0. The molecule has 1 atom stereocenters. The van der Waals surface area contributed by atoms with Gasteiger partial charge in [-0.15, -0.1) is 0 Å². The molecule has 1 fully saturated rings. The van der Waals surface area contributed by atoms with E-state index < -0.39 is 0 Å². The van der Waals surface area contributed by atoms with Gasteiger partial charge in [0.15, 0.2) is 0 Å². The second-order valence-corrected chi connectivity index (χ2v) is 13.0. The maximum atomic E-state index is 6.38. The third-order valence-electron chi connectivity index (χ3n) is 8.30. The molecule has 1 saturated heterocycles. The number of hydrogen-bond acceptors (Lipinski definition) is 3. The van der Waals surface area contributed by atoms with E-state index in [0.29, 0.717) is 6.10 Å². The van der Waals surface area contributed by atoms with Crippen molar-refractivity contribution < 1.29 is 9.57 Å². The van der Waals surface area contributed by atoms with Gasteiger partial charge in [-0.2, -0.15) is 5.06 Å². The Morgan fingerprint density at radius 2 is 1.00 bits per heavy atom. The molecule has 1 unspecified atom stereocenters. The lowest BCUT2D eigenvalue weighted by atomic mass is 9.82. The number of rotatable bonds is 24. The fraction of sp³-hybridized carbons (Fsp3) is 1.00. The molecule has 0 aromatic rings. The lowest BCUT2D eigenvalue weighted by molar-refractivity contribution is -0.281. The molecule has 0 aliphatic carbocycles. The predicted molar refractivity (Wildman–Crippen MR) is 159 cm³/mol. The molecule has 0 N–H and O–H groups in total. The normalized spacial score (nSPS) is 18.5. The number of piperidine rings is 1. The molecule has 1 aliphatic rings. The summed E-state index contributed by atoms with van der Waals surface area (Å²) in [6.45, 7) is 15.7. The lowest BCUT2D eigenvalue weighted by Crippen LogP contribution is -2.58. The molecule has 1 heterocycles. The van der Waals surface area contributed by atoms with Gasteiger partial charge < -0.3 is 4.74 Å². The first-order valence-corrected chi connectivity index (χ1v) is 16.4. The molecule has 0 amide bonds. The summed E-state index contributed by atoms with van der Waals surface area (Å²) in [5.41, 5.74) is 0.265. The van der Waals surface area contributed by atoms with E-state index in [4.69, 9.17) is 9.57 Å². The monoisotopic (exact) mass is 510 g/mol. The molecule has 0 saturated carbocycles. The summed E-state index contributed by atoms with van der Waals surface area (Å²) in [6, 6.07) is 0. The largest absolute Gasteiger partial charge is 0.378 e. The van der Waals surface area contributed by atoms with Gasteiger partial charge in [-0.05, 0) is 72.6 Å². The standard InChI is InChI=1S/C33H67NO2/c1-7-9-11-12-13-14-15-16-17-18-19-20-21-22-29-35-31(25-10-8-2)26-23-30-36-34-32(3,4)27-24-28-33(34,5)6/h31H,7-30H2,1-6H3. The van der Waals surface area contributed by atoms with Gasteiger partial charge in [0.25, 0.3) is 0 Å². The van der Waals surface area contributed by atoms with Gasteiger partial charge in [-0.3, -0.25) is 4.84 Å². The number of unbranched alkanes of at least 4 members (excludes halogenated alkanes) is 14. The van der Waals surface area contributed by atoms with E-state index >= 15 is 0 Å². The van der Waals surface area contributed by atoms with Crippen LogP contribution in [0.4, 0.5) is 0 Å². The molecule has 0 spiro atoms. The predicted octanol–water partition coefficient (Wildman–Crippen LogP) is 10.8. The van der Waals surface area contributed by atoms with Crippen LogP contribution in [0.1, 0.15) is 183 Å². The van der Waals surface area contributed by atoms with Gasteiger partial charge >= 0.3 is 0 Å². The van der Waals surface area contributed by atoms with Crippen LogP contribution in [0.3, 0.4) is 0 Å².